The number of imidazole rings is 1. The number of aryl methyl sites for hydroxylation is 1. The molecular formula is C12H18N4O3S. The van der Waals surface area contributed by atoms with Crippen LogP contribution in [0.1, 0.15) is 19.8 Å². The first-order valence-corrected chi connectivity index (χ1v) is 8.18. The van der Waals surface area contributed by atoms with Gasteiger partial charge in [-0.15, -0.1) is 0 Å². The average molecular weight is 298 g/mol. The van der Waals surface area contributed by atoms with Crippen LogP contribution in [0, 0.1) is 0 Å². The van der Waals surface area contributed by atoms with Gasteiger partial charge in [-0.3, -0.25) is 4.79 Å². The van der Waals surface area contributed by atoms with Gasteiger partial charge >= 0.3 is 0 Å². The number of carbonyl (C=O) groups excluding carboxylic acids is 1. The molecule has 0 unspecified atom stereocenters. The SMILES string of the molecule is CCN1C(=O)C[C@H]2[C@H]1CCN2S(=O)(=O)c1cn(C)cn1. The van der Waals surface area contributed by atoms with E-state index >= 15 is 0 Å². The summed E-state index contributed by atoms with van der Waals surface area (Å²) in [6.45, 7) is 3.02. The van der Waals surface area contributed by atoms with Crippen LogP contribution < -0.4 is 0 Å². The highest BCUT2D eigenvalue weighted by Gasteiger charge is 2.50. The maximum atomic E-state index is 12.6. The van der Waals surface area contributed by atoms with Gasteiger partial charge in [-0.05, 0) is 13.3 Å². The first kappa shape index (κ1) is 13.6. The Morgan fingerprint density at radius 2 is 2.15 bits per heavy atom. The Morgan fingerprint density at radius 1 is 1.40 bits per heavy atom. The molecule has 1 aromatic rings. The van der Waals surface area contributed by atoms with Gasteiger partial charge in [-0.2, -0.15) is 4.31 Å². The Kier molecular flexibility index (Phi) is 3.09. The lowest BCUT2D eigenvalue weighted by molar-refractivity contribution is -0.128. The van der Waals surface area contributed by atoms with Crippen molar-refractivity contribution < 1.29 is 13.2 Å². The zero-order chi connectivity index (χ0) is 14.5. The fourth-order valence-electron chi connectivity index (χ4n) is 3.24. The lowest BCUT2D eigenvalue weighted by Crippen LogP contribution is -2.39. The second kappa shape index (κ2) is 4.56. The zero-order valence-corrected chi connectivity index (χ0v) is 12.4. The van der Waals surface area contributed by atoms with Gasteiger partial charge in [0.1, 0.15) is 0 Å². The molecule has 7 nitrogen and oxygen atoms in total. The van der Waals surface area contributed by atoms with Crippen LogP contribution >= 0.6 is 0 Å². The number of sulfonamides is 1. The van der Waals surface area contributed by atoms with Crippen LogP contribution in [-0.4, -0.2) is 58.3 Å². The minimum absolute atomic E-state index is 0.0194. The topological polar surface area (TPSA) is 75.5 Å². The van der Waals surface area contributed by atoms with E-state index < -0.39 is 10.0 Å². The van der Waals surface area contributed by atoms with E-state index in [4.69, 9.17) is 0 Å². The van der Waals surface area contributed by atoms with E-state index in [2.05, 4.69) is 4.98 Å². The Morgan fingerprint density at radius 3 is 2.75 bits per heavy atom. The van der Waals surface area contributed by atoms with Gasteiger partial charge in [0.15, 0.2) is 5.03 Å². The molecule has 0 N–H and O–H groups in total. The van der Waals surface area contributed by atoms with Gasteiger partial charge in [0.2, 0.25) is 5.91 Å². The van der Waals surface area contributed by atoms with Gasteiger partial charge in [0.05, 0.1) is 18.4 Å². The molecule has 2 fully saturated rings. The summed E-state index contributed by atoms with van der Waals surface area (Å²) >= 11 is 0. The lowest BCUT2D eigenvalue weighted by Gasteiger charge is -2.23. The van der Waals surface area contributed by atoms with E-state index in [-0.39, 0.29) is 29.4 Å². The predicted molar refractivity (Wildman–Crippen MR) is 71.3 cm³/mol. The third kappa shape index (κ3) is 1.86. The van der Waals surface area contributed by atoms with Crippen molar-refractivity contribution in [1.82, 2.24) is 18.8 Å². The highest BCUT2D eigenvalue weighted by molar-refractivity contribution is 7.89. The third-order valence-corrected chi connectivity index (χ3v) is 5.97. The largest absolute Gasteiger partial charge is 0.339 e. The van der Waals surface area contributed by atoms with Crippen molar-refractivity contribution in [1.29, 1.82) is 0 Å². The second-order valence-corrected chi connectivity index (χ2v) is 7.14. The average Bonchev–Trinajstić information content (AvgIpc) is 3.03. The number of likely N-dealkylation sites (N-methyl/N-ethyl adjacent to an activating group) is 1. The summed E-state index contributed by atoms with van der Waals surface area (Å²) in [6, 6.07) is -0.222. The van der Waals surface area contributed by atoms with E-state index in [0.717, 1.165) is 0 Å². The molecule has 3 heterocycles. The van der Waals surface area contributed by atoms with Crippen LogP contribution in [0.4, 0.5) is 0 Å². The normalized spacial score (nSPS) is 27.3. The molecule has 0 bridgehead atoms. The molecule has 1 aromatic heterocycles. The number of hydrogen-bond donors (Lipinski definition) is 0. The molecule has 2 atom stereocenters. The molecular weight excluding hydrogens is 280 g/mol. The van der Waals surface area contributed by atoms with Gasteiger partial charge in [-0.25, -0.2) is 13.4 Å². The standard InChI is InChI=1S/C12H18N4O3S/c1-3-15-9-4-5-16(10(9)6-12(15)17)20(18,19)11-7-14(2)8-13-11/h7-10H,3-6H2,1-2H3/t9-,10+/m1/s1. The fourth-order valence-corrected chi connectivity index (χ4v) is 4.88. The van der Waals surface area contributed by atoms with E-state index in [1.807, 2.05) is 6.92 Å². The Hall–Kier alpha value is -1.41. The number of carbonyl (C=O) groups is 1. The van der Waals surface area contributed by atoms with Crippen LogP contribution in [0.2, 0.25) is 0 Å². The molecule has 2 saturated heterocycles. The Labute approximate surface area is 118 Å². The molecule has 0 saturated carbocycles. The highest BCUT2D eigenvalue weighted by Crippen LogP contribution is 2.35. The monoisotopic (exact) mass is 298 g/mol. The second-order valence-electron chi connectivity index (χ2n) is 5.30. The third-order valence-electron chi connectivity index (χ3n) is 4.16. The van der Waals surface area contributed by atoms with Crippen LogP contribution in [0.25, 0.3) is 0 Å². The van der Waals surface area contributed by atoms with E-state index in [1.54, 1.807) is 16.5 Å². The van der Waals surface area contributed by atoms with Gasteiger partial charge in [-0.1, -0.05) is 0 Å². The summed E-state index contributed by atoms with van der Waals surface area (Å²) in [6.07, 6.45) is 3.95. The summed E-state index contributed by atoms with van der Waals surface area (Å²) < 4.78 is 28.3. The summed E-state index contributed by atoms with van der Waals surface area (Å²) in [5, 5.41) is 0.0584. The molecule has 0 aromatic carbocycles. The number of fused-ring (bicyclic) bond motifs is 1. The molecule has 8 heteroatoms. The van der Waals surface area contributed by atoms with Crippen molar-refractivity contribution in [2.24, 2.45) is 7.05 Å². The highest BCUT2D eigenvalue weighted by atomic mass is 32.2. The number of aromatic nitrogens is 2. The quantitative estimate of drug-likeness (QED) is 0.775. The molecule has 0 spiro atoms. The molecule has 20 heavy (non-hydrogen) atoms. The molecule has 2 aliphatic rings. The van der Waals surface area contributed by atoms with Crippen LogP contribution in [0.15, 0.2) is 17.6 Å². The number of nitrogens with zero attached hydrogens (tertiary/aromatic N) is 4. The van der Waals surface area contributed by atoms with Crippen molar-refractivity contribution in [2.45, 2.75) is 36.9 Å². The Bertz CT molecular complexity index is 639. The molecule has 2 aliphatic heterocycles. The van der Waals surface area contributed by atoms with Crippen LogP contribution in [0.3, 0.4) is 0 Å². The molecule has 1 amide bonds. The maximum Gasteiger partial charge on any atom is 0.262 e. The number of hydrogen-bond acceptors (Lipinski definition) is 4. The number of amides is 1. The van der Waals surface area contributed by atoms with Crippen molar-refractivity contribution in [3.05, 3.63) is 12.5 Å². The van der Waals surface area contributed by atoms with E-state index in [9.17, 15) is 13.2 Å². The van der Waals surface area contributed by atoms with Crippen LogP contribution in [0.5, 0.6) is 0 Å². The minimum atomic E-state index is -3.60. The molecule has 0 aliphatic carbocycles. The van der Waals surface area contributed by atoms with Crippen molar-refractivity contribution in [2.75, 3.05) is 13.1 Å². The van der Waals surface area contributed by atoms with E-state index in [0.29, 0.717) is 19.5 Å². The lowest BCUT2D eigenvalue weighted by atomic mass is 10.1. The smallest absolute Gasteiger partial charge is 0.262 e. The fraction of sp³-hybridized carbons (Fsp3) is 0.667. The molecule has 110 valence electrons. The summed E-state index contributed by atoms with van der Waals surface area (Å²) in [5.41, 5.74) is 0. The van der Waals surface area contributed by atoms with Crippen molar-refractivity contribution in [3.8, 4) is 0 Å². The Balaban J connectivity index is 1.91. The minimum Gasteiger partial charge on any atom is -0.339 e. The van der Waals surface area contributed by atoms with Gasteiger partial charge in [0, 0.05) is 32.8 Å². The first-order chi connectivity index (χ1) is 9.45. The van der Waals surface area contributed by atoms with E-state index in [1.165, 1.54) is 16.8 Å². The predicted octanol–water partition coefficient (Wildman–Crippen LogP) is -0.196. The zero-order valence-electron chi connectivity index (χ0n) is 11.6. The molecule has 3 rings (SSSR count). The number of likely N-dealkylation sites (tertiary alicyclic amines) is 1. The summed E-state index contributed by atoms with van der Waals surface area (Å²) in [5.74, 6) is 0.0448. The maximum absolute atomic E-state index is 12.6. The van der Waals surface area contributed by atoms with Crippen molar-refractivity contribution in [3.63, 3.8) is 0 Å². The summed E-state index contributed by atoms with van der Waals surface area (Å²) in [7, 11) is -1.87. The first-order valence-electron chi connectivity index (χ1n) is 6.74. The van der Waals surface area contributed by atoms with Gasteiger partial charge in [0.25, 0.3) is 10.0 Å². The molecule has 0 radical (unpaired) electrons. The van der Waals surface area contributed by atoms with Crippen molar-refractivity contribution >= 4 is 15.9 Å². The van der Waals surface area contributed by atoms with Crippen LogP contribution in [-0.2, 0) is 21.9 Å². The van der Waals surface area contributed by atoms with Gasteiger partial charge < -0.3 is 9.47 Å². The number of rotatable bonds is 3. The summed E-state index contributed by atoms with van der Waals surface area (Å²) in [4.78, 5) is 17.6.